The Balaban J connectivity index is 0.963. The van der Waals surface area contributed by atoms with Crippen molar-refractivity contribution in [2.45, 2.75) is 37.5 Å². The maximum absolute atomic E-state index is 2.55. The van der Waals surface area contributed by atoms with E-state index in [9.17, 15) is 0 Å². The van der Waals surface area contributed by atoms with Crippen LogP contribution in [0, 0.1) is 0 Å². The van der Waals surface area contributed by atoms with E-state index < -0.39 is 0 Å². The molecule has 2 aliphatic carbocycles. The summed E-state index contributed by atoms with van der Waals surface area (Å²) in [6, 6.07) is 68.1. The number of aromatic nitrogens is 2. The van der Waals surface area contributed by atoms with Crippen molar-refractivity contribution in [3.63, 3.8) is 0 Å². The molecule has 12 rings (SSSR count). The fourth-order valence-corrected chi connectivity index (χ4v) is 10.6. The molecule has 10 aromatic rings. The van der Waals surface area contributed by atoms with Crippen molar-refractivity contribution in [1.29, 1.82) is 0 Å². The number of para-hydroxylation sites is 4. The summed E-state index contributed by atoms with van der Waals surface area (Å²) < 4.78 is 4.86. The highest BCUT2D eigenvalue weighted by Crippen LogP contribution is 2.57. The van der Waals surface area contributed by atoms with E-state index >= 15 is 0 Å². The summed E-state index contributed by atoms with van der Waals surface area (Å²) in [5.74, 6) is 0. The molecule has 0 bridgehead atoms. The van der Waals surface area contributed by atoms with Gasteiger partial charge in [0.15, 0.2) is 0 Å². The quantitative estimate of drug-likeness (QED) is 0.172. The van der Waals surface area contributed by atoms with Crippen LogP contribution in [0.3, 0.4) is 0 Å². The summed E-state index contributed by atoms with van der Waals surface area (Å²) in [6.07, 6.45) is 6.23. The normalized spacial score (nSPS) is 14.6. The Morgan fingerprint density at radius 3 is 1.11 bits per heavy atom. The second-order valence-electron chi connectivity index (χ2n) is 16.0. The Labute approximate surface area is 326 Å². The van der Waals surface area contributed by atoms with Crippen LogP contribution in [0.25, 0.3) is 88.4 Å². The molecule has 0 amide bonds. The smallest absolute Gasteiger partial charge is 0.0541 e. The third-order valence-electron chi connectivity index (χ3n) is 13.1. The molecule has 0 saturated heterocycles. The van der Waals surface area contributed by atoms with E-state index in [0.29, 0.717) is 0 Å². The van der Waals surface area contributed by atoms with Crippen LogP contribution in [0.15, 0.2) is 182 Å². The van der Waals surface area contributed by atoms with Gasteiger partial charge in [0.25, 0.3) is 0 Å². The molecule has 1 saturated carbocycles. The Morgan fingerprint density at radius 2 is 0.696 bits per heavy atom. The number of hydrogen-bond acceptors (Lipinski definition) is 0. The minimum atomic E-state index is 0.0316. The molecule has 0 unspecified atom stereocenters. The van der Waals surface area contributed by atoms with Crippen molar-refractivity contribution in [1.82, 2.24) is 9.13 Å². The third kappa shape index (κ3) is 4.56. The van der Waals surface area contributed by atoms with E-state index in [1.807, 2.05) is 0 Å². The van der Waals surface area contributed by atoms with Crippen molar-refractivity contribution < 1.29 is 0 Å². The molecular formula is C54H40N2. The number of rotatable bonds is 4. The highest BCUT2D eigenvalue weighted by molar-refractivity contribution is 6.10. The lowest BCUT2D eigenvalue weighted by molar-refractivity contribution is 0.353. The molecule has 1 fully saturated rings. The third-order valence-corrected chi connectivity index (χ3v) is 13.1. The molecule has 8 aromatic carbocycles. The Bertz CT molecular complexity index is 2870. The van der Waals surface area contributed by atoms with Gasteiger partial charge < -0.3 is 9.13 Å². The highest BCUT2D eigenvalue weighted by Gasteiger charge is 2.44. The van der Waals surface area contributed by atoms with Gasteiger partial charge in [0.1, 0.15) is 0 Å². The van der Waals surface area contributed by atoms with Crippen molar-refractivity contribution in [2.24, 2.45) is 0 Å². The van der Waals surface area contributed by atoms with Gasteiger partial charge >= 0.3 is 0 Å². The summed E-state index contributed by atoms with van der Waals surface area (Å²) in [6.45, 7) is 0. The minimum absolute atomic E-state index is 0.0316. The SMILES string of the molecule is c1cc(-c2ccc3c(c2)C2(CCCCC2)c2cc(-c4cccc(-n5c6ccccc6c6ccccc65)c4)ccc2-3)cc(-n2c3ccccc3c3ccccc32)c1. The zero-order chi connectivity index (χ0) is 36.8. The van der Waals surface area contributed by atoms with E-state index in [1.165, 1.54) is 132 Å². The van der Waals surface area contributed by atoms with Crippen LogP contribution in [-0.2, 0) is 5.41 Å². The van der Waals surface area contributed by atoms with Crippen LogP contribution in [0.4, 0.5) is 0 Å². The number of fused-ring (bicyclic) bond motifs is 11. The summed E-state index contributed by atoms with van der Waals surface area (Å²) in [5.41, 5.74) is 18.4. The van der Waals surface area contributed by atoms with E-state index in [0.717, 1.165) is 0 Å². The molecule has 0 radical (unpaired) electrons. The van der Waals surface area contributed by atoms with E-state index in [-0.39, 0.29) is 5.41 Å². The number of nitrogens with zero attached hydrogens (tertiary/aromatic N) is 2. The van der Waals surface area contributed by atoms with Gasteiger partial charge in [0.2, 0.25) is 0 Å². The van der Waals surface area contributed by atoms with E-state index in [1.54, 1.807) is 0 Å². The average Bonchev–Trinajstić information content (AvgIpc) is 3.88. The first kappa shape index (κ1) is 31.7. The summed E-state index contributed by atoms with van der Waals surface area (Å²) in [5, 5.41) is 5.17. The van der Waals surface area contributed by atoms with Gasteiger partial charge in [0.05, 0.1) is 22.1 Å². The molecular weight excluding hydrogens is 677 g/mol. The van der Waals surface area contributed by atoms with Crippen molar-refractivity contribution in [3.05, 3.63) is 193 Å². The predicted octanol–water partition coefficient (Wildman–Crippen LogP) is 14.4. The van der Waals surface area contributed by atoms with Gasteiger partial charge in [-0.25, -0.2) is 0 Å². The number of hydrogen-bond donors (Lipinski definition) is 0. The minimum Gasteiger partial charge on any atom is -0.309 e. The van der Waals surface area contributed by atoms with Gasteiger partial charge in [0, 0.05) is 38.3 Å². The van der Waals surface area contributed by atoms with E-state index in [2.05, 4.69) is 191 Å². The Kier molecular flexibility index (Phi) is 6.89. The Morgan fingerprint density at radius 1 is 0.321 bits per heavy atom. The predicted molar refractivity (Wildman–Crippen MR) is 235 cm³/mol. The fourth-order valence-electron chi connectivity index (χ4n) is 10.6. The molecule has 56 heavy (non-hydrogen) atoms. The van der Waals surface area contributed by atoms with Gasteiger partial charge in [-0.1, -0.05) is 141 Å². The van der Waals surface area contributed by atoms with Crippen LogP contribution in [-0.4, -0.2) is 9.13 Å². The molecule has 0 atom stereocenters. The molecule has 0 N–H and O–H groups in total. The molecule has 2 aromatic heterocycles. The lowest BCUT2D eigenvalue weighted by atomic mass is 9.67. The molecule has 1 spiro atoms. The largest absolute Gasteiger partial charge is 0.309 e. The zero-order valence-corrected chi connectivity index (χ0v) is 31.3. The molecule has 2 aliphatic rings. The molecule has 2 heterocycles. The molecule has 266 valence electrons. The van der Waals surface area contributed by atoms with E-state index in [4.69, 9.17) is 0 Å². The van der Waals surface area contributed by atoms with Gasteiger partial charge in [-0.05, 0) is 118 Å². The lowest BCUT2D eigenvalue weighted by Crippen LogP contribution is -2.28. The summed E-state index contributed by atoms with van der Waals surface area (Å²) in [4.78, 5) is 0. The van der Waals surface area contributed by atoms with Crippen LogP contribution < -0.4 is 0 Å². The maximum atomic E-state index is 2.55. The van der Waals surface area contributed by atoms with Crippen LogP contribution in [0.2, 0.25) is 0 Å². The van der Waals surface area contributed by atoms with Crippen LogP contribution in [0.1, 0.15) is 43.2 Å². The monoisotopic (exact) mass is 716 g/mol. The Hall–Kier alpha value is -6.64. The van der Waals surface area contributed by atoms with Crippen molar-refractivity contribution >= 4 is 43.6 Å². The molecule has 0 aliphatic heterocycles. The lowest BCUT2D eigenvalue weighted by Gasteiger charge is -2.36. The van der Waals surface area contributed by atoms with Gasteiger partial charge in [-0.2, -0.15) is 0 Å². The van der Waals surface area contributed by atoms with Crippen LogP contribution >= 0.6 is 0 Å². The standard InChI is InChI=1S/C54H40N2/c1-10-30-54(31-11-1)48-34-38(36-14-12-16-40(32-36)55-50-22-6-2-18-44(50)45-19-3-7-23-51(45)55)26-28-42(48)43-29-27-39(35-49(43)54)37-15-13-17-41(33-37)56-52-24-8-4-20-46(52)47-21-5-9-25-53(47)56/h2-9,12-29,32-35H,1,10-11,30-31H2. The first-order valence-electron chi connectivity index (χ1n) is 20.2. The topological polar surface area (TPSA) is 9.86 Å². The van der Waals surface area contributed by atoms with Crippen molar-refractivity contribution in [3.8, 4) is 44.8 Å². The molecule has 2 heteroatoms. The number of benzene rings is 8. The first-order valence-corrected chi connectivity index (χ1v) is 20.2. The summed E-state index contributed by atoms with van der Waals surface area (Å²) in [7, 11) is 0. The average molecular weight is 717 g/mol. The van der Waals surface area contributed by atoms with Crippen molar-refractivity contribution in [2.75, 3.05) is 0 Å². The van der Waals surface area contributed by atoms with Gasteiger partial charge in [-0.3, -0.25) is 0 Å². The zero-order valence-electron chi connectivity index (χ0n) is 31.3. The second-order valence-corrected chi connectivity index (χ2v) is 16.0. The molecule has 2 nitrogen and oxygen atoms in total. The van der Waals surface area contributed by atoms with Crippen LogP contribution in [0.5, 0.6) is 0 Å². The highest BCUT2D eigenvalue weighted by atomic mass is 15.0. The second kappa shape index (κ2) is 12.2. The fraction of sp³-hybridized carbons (Fsp3) is 0.111. The summed E-state index contributed by atoms with van der Waals surface area (Å²) >= 11 is 0. The maximum Gasteiger partial charge on any atom is 0.0541 e. The first-order chi connectivity index (χ1) is 27.7. The van der Waals surface area contributed by atoms with Gasteiger partial charge in [-0.15, -0.1) is 0 Å².